The number of para-hydroxylation sites is 1. The number of nitrogen functional groups attached to an aromatic ring is 1. The summed E-state index contributed by atoms with van der Waals surface area (Å²) >= 11 is 0. The Hall–Kier alpha value is -1.25. The van der Waals surface area contributed by atoms with Crippen LogP contribution < -0.4 is 11.1 Å². The topological polar surface area (TPSA) is 38.0 Å². The Morgan fingerprint density at radius 3 is 2.59 bits per heavy atom. The highest BCUT2D eigenvalue weighted by Gasteiger charge is 2.65. The second-order valence-corrected chi connectivity index (χ2v) is 5.86. The number of nitrogens with two attached hydrogens (primary N) is 1. The van der Waals surface area contributed by atoms with Gasteiger partial charge in [0.2, 0.25) is 0 Å². The van der Waals surface area contributed by atoms with Crippen molar-refractivity contribution >= 4 is 11.4 Å². The fraction of sp³-hybridized carbons (Fsp3) is 0.571. The molecular formula is C14H17FN2. The fourth-order valence-electron chi connectivity index (χ4n) is 4.36. The van der Waals surface area contributed by atoms with Crippen LogP contribution in [0.1, 0.15) is 19.3 Å². The predicted octanol–water partition coefficient (Wildman–Crippen LogP) is 2.86. The van der Waals surface area contributed by atoms with Gasteiger partial charge in [-0.05, 0) is 55.1 Å². The SMILES string of the molecule is Nc1c(F)cccc1NC1C2C3CCC(C3)C12. The van der Waals surface area contributed by atoms with Crippen LogP contribution >= 0.6 is 0 Å². The maximum Gasteiger partial charge on any atom is 0.148 e. The molecule has 0 radical (unpaired) electrons. The average Bonchev–Trinajstić information content (AvgIpc) is 2.72. The highest BCUT2D eigenvalue weighted by molar-refractivity contribution is 5.67. The number of rotatable bonds is 2. The van der Waals surface area contributed by atoms with Gasteiger partial charge in [-0.3, -0.25) is 0 Å². The molecule has 17 heavy (non-hydrogen) atoms. The van der Waals surface area contributed by atoms with Crippen molar-refractivity contribution in [2.45, 2.75) is 25.3 Å². The molecule has 0 aromatic heterocycles. The number of hydrogen-bond donors (Lipinski definition) is 2. The number of anilines is 2. The summed E-state index contributed by atoms with van der Waals surface area (Å²) in [4.78, 5) is 0. The van der Waals surface area contributed by atoms with Crippen molar-refractivity contribution in [3.63, 3.8) is 0 Å². The Bertz CT molecular complexity index is 457. The molecule has 3 fully saturated rings. The first-order chi connectivity index (χ1) is 8.25. The van der Waals surface area contributed by atoms with Crippen LogP contribution in [0.4, 0.5) is 15.8 Å². The van der Waals surface area contributed by atoms with E-state index in [1.165, 1.54) is 25.3 Å². The summed E-state index contributed by atoms with van der Waals surface area (Å²) < 4.78 is 13.3. The standard InChI is InChI=1S/C14H17FN2/c15-9-2-1-3-10(13(9)16)17-14-11-7-4-5-8(6-7)12(11)14/h1-3,7-8,11-12,14,17H,4-6,16H2. The van der Waals surface area contributed by atoms with E-state index in [2.05, 4.69) is 5.32 Å². The minimum absolute atomic E-state index is 0.268. The highest BCUT2D eigenvalue weighted by atomic mass is 19.1. The van der Waals surface area contributed by atoms with Crippen LogP contribution in [0, 0.1) is 29.5 Å². The molecule has 3 saturated carbocycles. The first kappa shape index (κ1) is 9.75. The van der Waals surface area contributed by atoms with Gasteiger partial charge in [0, 0.05) is 6.04 Å². The molecule has 0 aliphatic heterocycles. The van der Waals surface area contributed by atoms with Crippen molar-refractivity contribution in [1.82, 2.24) is 0 Å². The molecule has 1 aromatic rings. The molecule has 0 saturated heterocycles. The zero-order chi connectivity index (χ0) is 11.6. The van der Waals surface area contributed by atoms with Crippen molar-refractivity contribution in [3.05, 3.63) is 24.0 Å². The summed E-state index contributed by atoms with van der Waals surface area (Å²) in [6.07, 6.45) is 4.25. The van der Waals surface area contributed by atoms with Crippen LogP contribution in [0.15, 0.2) is 18.2 Å². The lowest BCUT2D eigenvalue weighted by atomic mass is 10.0. The van der Waals surface area contributed by atoms with Crippen LogP contribution in [0.2, 0.25) is 0 Å². The van der Waals surface area contributed by atoms with Crippen LogP contribution in [-0.2, 0) is 0 Å². The van der Waals surface area contributed by atoms with E-state index in [-0.39, 0.29) is 11.5 Å². The van der Waals surface area contributed by atoms with Gasteiger partial charge in [0.05, 0.1) is 11.4 Å². The molecule has 3 heteroatoms. The van der Waals surface area contributed by atoms with E-state index < -0.39 is 0 Å². The fourth-order valence-corrected chi connectivity index (χ4v) is 4.36. The molecule has 4 rings (SSSR count). The summed E-state index contributed by atoms with van der Waals surface area (Å²) in [5.74, 6) is 3.23. The molecule has 4 atom stereocenters. The first-order valence-electron chi connectivity index (χ1n) is 6.56. The number of halogens is 1. The lowest BCUT2D eigenvalue weighted by molar-refractivity contribution is 0.456. The summed E-state index contributed by atoms with van der Waals surface area (Å²) in [5.41, 5.74) is 6.81. The summed E-state index contributed by atoms with van der Waals surface area (Å²) in [6.45, 7) is 0. The smallest absolute Gasteiger partial charge is 0.148 e. The van der Waals surface area contributed by atoms with Gasteiger partial charge in [-0.2, -0.15) is 0 Å². The molecule has 3 aliphatic rings. The van der Waals surface area contributed by atoms with Crippen LogP contribution in [0.25, 0.3) is 0 Å². The van der Waals surface area contributed by atoms with Crippen molar-refractivity contribution in [2.24, 2.45) is 23.7 Å². The monoisotopic (exact) mass is 232 g/mol. The maximum atomic E-state index is 13.3. The van der Waals surface area contributed by atoms with E-state index in [4.69, 9.17) is 5.73 Å². The van der Waals surface area contributed by atoms with E-state index in [0.29, 0.717) is 6.04 Å². The number of nitrogens with one attached hydrogen (secondary N) is 1. The first-order valence-corrected chi connectivity index (χ1v) is 6.56. The number of fused-ring (bicyclic) bond motifs is 5. The molecule has 0 heterocycles. The predicted molar refractivity (Wildman–Crippen MR) is 66.0 cm³/mol. The Morgan fingerprint density at radius 1 is 1.18 bits per heavy atom. The Labute approximate surface area is 100 Å². The van der Waals surface area contributed by atoms with E-state index in [1.807, 2.05) is 6.07 Å². The Kier molecular flexibility index (Phi) is 1.81. The molecule has 2 bridgehead atoms. The van der Waals surface area contributed by atoms with E-state index >= 15 is 0 Å². The van der Waals surface area contributed by atoms with Gasteiger partial charge in [0.1, 0.15) is 5.82 Å². The minimum atomic E-state index is -0.316. The van der Waals surface area contributed by atoms with Gasteiger partial charge in [0.25, 0.3) is 0 Å². The van der Waals surface area contributed by atoms with Crippen LogP contribution in [0.5, 0.6) is 0 Å². The summed E-state index contributed by atoms with van der Waals surface area (Å²) in [5, 5.41) is 3.46. The third kappa shape index (κ3) is 1.25. The van der Waals surface area contributed by atoms with Gasteiger partial charge in [-0.15, -0.1) is 0 Å². The quantitative estimate of drug-likeness (QED) is 0.769. The number of benzene rings is 1. The zero-order valence-corrected chi connectivity index (χ0v) is 9.70. The van der Waals surface area contributed by atoms with E-state index in [9.17, 15) is 4.39 Å². The summed E-state index contributed by atoms with van der Waals surface area (Å²) in [7, 11) is 0. The molecule has 90 valence electrons. The average molecular weight is 232 g/mol. The second kappa shape index (κ2) is 3.15. The van der Waals surface area contributed by atoms with Gasteiger partial charge in [0.15, 0.2) is 0 Å². The van der Waals surface area contributed by atoms with Gasteiger partial charge in [-0.25, -0.2) is 4.39 Å². The molecular weight excluding hydrogens is 215 g/mol. The van der Waals surface area contributed by atoms with Crippen LogP contribution in [-0.4, -0.2) is 6.04 Å². The molecule has 3 aliphatic carbocycles. The Balaban J connectivity index is 1.55. The molecule has 1 aromatic carbocycles. The normalized spacial score (nSPS) is 41.4. The molecule has 3 N–H and O–H groups in total. The third-order valence-corrected chi connectivity index (χ3v) is 5.11. The van der Waals surface area contributed by atoms with Crippen molar-refractivity contribution in [2.75, 3.05) is 11.1 Å². The highest BCUT2D eigenvalue weighted by Crippen LogP contribution is 2.66. The third-order valence-electron chi connectivity index (χ3n) is 5.11. The van der Waals surface area contributed by atoms with E-state index in [0.717, 1.165) is 29.4 Å². The largest absolute Gasteiger partial charge is 0.395 e. The molecule has 4 unspecified atom stereocenters. The lowest BCUT2D eigenvalue weighted by Gasteiger charge is -2.13. The second-order valence-electron chi connectivity index (χ2n) is 5.86. The summed E-state index contributed by atoms with van der Waals surface area (Å²) in [6, 6.07) is 5.58. The van der Waals surface area contributed by atoms with Crippen LogP contribution in [0.3, 0.4) is 0 Å². The lowest BCUT2D eigenvalue weighted by Crippen LogP contribution is -2.14. The van der Waals surface area contributed by atoms with Gasteiger partial charge in [-0.1, -0.05) is 6.07 Å². The zero-order valence-electron chi connectivity index (χ0n) is 9.70. The number of hydrogen-bond acceptors (Lipinski definition) is 2. The van der Waals surface area contributed by atoms with E-state index in [1.54, 1.807) is 6.07 Å². The van der Waals surface area contributed by atoms with Crippen molar-refractivity contribution in [3.8, 4) is 0 Å². The van der Waals surface area contributed by atoms with Crippen molar-refractivity contribution < 1.29 is 4.39 Å². The molecule has 0 amide bonds. The van der Waals surface area contributed by atoms with Gasteiger partial charge < -0.3 is 11.1 Å². The Morgan fingerprint density at radius 2 is 1.88 bits per heavy atom. The van der Waals surface area contributed by atoms with Gasteiger partial charge >= 0.3 is 0 Å². The maximum absolute atomic E-state index is 13.3. The molecule has 0 spiro atoms. The molecule has 2 nitrogen and oxygen atoms in total. The van der Waals surface area contributed by atoms with Crippen molar-refractivity contribution in [1.29, 1.82) is 0 Å². The minimum Gasteiger partial charge on any atom is -0.395 e.